The molecular formula is C14H20BrNO4S. The lowest BCUT2D eigenvalue weighted by atomic mass is 10.2. The largest absolute Gasteiger partial charge is 0.392 e. The summed E-state index contributed by atoms with van der Waals surface area (Å²) in [5, 5.41) is 9.03. The Morgan fingerprint density at radius 1 is 1.33 bits per heavy atom. The van der Waals surface area contributed by atoms with Gasteiger partial charge in [-0.25, -0.2) is 13.1 Å². The lowest BCUT2D eigenvalue weighted by Gasteiger charge is -2.12. The van der Waals surface area contributed by atoms with Crippen molar-refractivity contribution < 1.29 is 18.3 Å². The van der Waals surface area contributed by atoms with E-state index in [0.717, 1.165) is 12.8 Å². The number of rotatable bonds is 7. The van der Waals surface area contributed by atoms with Crippen LogP contribution < -0.4 is 4.72 Å². The molecule has 1 saturated carbocycles. The Balaban J connectivity index is 1.88. The first-order valence-electron chi connectivity index (χ1n) is 7.03. The van der Waals surface area contributed by atoms with Gasteiger partial charge in [0.05, 0.1) is 24.2 Å². The molecule has 118 valence electrons. The summed E-state index contributed by atoms with van der Waals surface area (Å²) in [6, 6.07) is 4.67. The molecule has 0 radical (unpaired) electrons. The van der Waals surface area contributed by atoms with Crippen molar-refractivity contribution in [3.8, 4) is 0 Å². The lowest BCUT2D eigenvalue weighted by Crippen LogP contribution is -2.28. The first kappa shape index (κ1) is 16.9. The van der Waals surface area contributed by atoms with Gasteiger partial charge in [-0.1, -0.05) is 18.9 Å². The summed E-state index contributed by atoms with van der Waals surface area (Å²) in [6.07, 6.45) is 4.81. The molecule has 0 aliphatic heterocycles. The second-order valence-corrected chi connectivity index (χ2v) is 7.69. The second kappa shape index (κ2) is 7.69. The molecule has 0 bridgehead atoms. The highest BCUT2D eigenvalue weighted by molar-refractivity contribution is 9.10. The van der Waals surface area contributed by atoms with E-state index in [-0.39, 0.29) is 24.2 Å². The van der Waals surface area contributed by atoms with Crippen LogP contribution in [0.4, 0.5) is 0 Å². The van der Waals surface area contributed by atoms with E-state index in [1.165, 1.54) is 18.9 Å². The third-order valence-corrected chi connectivity index (χ3v) is 5.96. The molecule has 1 aliphatic rings. The van der Waals surface area contributed by atoms with Crippen LogP contribution in [0.1, 0.15) is 31.2 Å². The maximum atomic E-state index is 12.2. The van der Waals surface area contributed by atoms with Crippen LogP contribution in [0, 0.1) is 0 Å². The number of nitrogens with one attached hydrogen (secondary N) is 1. The van der Waals surface area contributed by atoms with E-state index < -0.39 is 10.0 Å². The fourth-order valence-corrected chi connectivity index (χ4v) is 4.53. The molecule has 5 nitrogen and oxygen atoms in total. The number of aliphatic hydroxyl groups is 1. The summed E-state index contributed by atoms with van der Waals surface area (Å²) in [5.41, 5.74) is 0.658. The average Bonchev–Trinajstić information content (AvgIpc) is 2.96. The third kappa shape index (κ3) is 4.75. The summed E-state index contributed by atoms with van der Waals surface area (Å²) in [5.74, 6) is 0. The summed E-state index contributed by atoms with van der Waals surface area (Å²) in [6.45, 7) is 0.519. The van der Waals surface area contributed by atoms with Gasteiger partial charge in [-0.2, -0.15) is 0 Å². The smallest absolute Gasteiger partial charge is 0.241 e. The van der Waals surface area contributed by atoms with Crippen molar-refractivity contribution >= 4 is 26.0 Å². The monoisotopic (exact) mass is 377 g/mol. The normalized spacial score (nSPS) is 16.5. The minimum absolute atomic E-state index is 0.123. The Morgan fingerprint density at radius 2 is 2.05 bits per heavy atom. The van der Waals surface area contributed by atoms with Gasteiger partial charge < -0.3 is 9.84 Å². The quantitative estimate of drug-likeness (QED) is 0.714. The summed E-state index contributed by atoms with van der Waals surface area (Å²) >= 11 is 3.23. The number of sulfonamides is 1. The predicted molar refractivity (Wildman–Crippen MR) is 83.5 cm³/mol. The van der Waals surface area contributed by atoms with Gasteiger partial charge in [0, 0.05) is 11.0 Å². The number of benzene rings is 1. The van der Waals surface area contributed by atoms with E-state index in [0.29, 0.717) is 16.6 Å². The number of ether oxygens (including phenoxy) is 1. The molecule has 0 saturated heterocycles. The molecule has 1 aromatic carbocycles. The predicted octanol–water partition coefficient (Wildman–Crippen LogP) is 2.18. The standard InChI is InChI=1S/C14H20BrNO4S/c15-13-9-11(10-17)5-6-14(13)21(18,19)16-7-8-20-12-3-1-2-4-12/h5-6,9,12,16-17H,1-4,7-8,10H2. The third-order valence-electron chi connectivity index (χ3n) is 3.52. The highest BCUT2D eigenvalue weighted by Gasteiger charge is 2.18. The molecule has 2 N–H and O–H groups in total. The SMILES string of the molecule is O=S(=O)(NCCOC1CCCC1)c1ccc(CO)cc1Br. The van der Waals surface area contributed by atoms with Crippen molar-refractivity contribution in [3.05, 3.63) is 28.2 Å². The van der Waals surface area contributed by atoms with Crippen LogP contribution in [-0.2, 0) is 21.4 Å². The molecule has 2 rings (SSSR count). The minimum atomic E-state index is -3.57. The molecule has 0 aromatic heterocycles. The molecule has 21 heavy (non-hydrogen) atoms. The highest BCUT2D eigenvalue weighted by atomic mass is 79.9. The summed E-state index contributed by atoms with van der Waals surface area (Å²) < 4.78 is 33.0. The van der Waals surface area contributed by atoms with Crippen molar-refractivity contribution in [1.82, 2.24) is 4.72 Å². The number of aliphatic hydroxyl groups excluding tert-OH is 1. The van der Waals surface area contributed by atoms with Crippen LogP contribution in [0.2, 0.25) is 0 Å². The Kier molecular flexibility index (Phi) is 6.19. The molecule has 0 spiro atoms. The Labute approximate surface area is 133 Å². The van der Waals surface area contributed by atoms with Crippen molar-refractivity contribution in [3.63, 3.8) is 0 Å². The summed E-state index contributed by atoms with van der Waals surface area (Å²) in [7, 11) is -3.57. The van der Waals surface area contributed by atoms with E-state index in [2.05, 4.69) is 20.7 Å². The number of hydrogen-bond donors (Lipinski definition) is 2. The van der Waals surface area contributed by atoms with E-state index >= 15 is 0 Å². The number of halogens is 1. The van der Waals surface area contributed by atoms with Gasteiger partial charge in [-0.15, -0.1) is 0 Å². The van der Waals surface area contributed by atoms with Crippen LogP contribution in [0.5, 0.6) is 0 Å². The van der Waals surface area contributed by atoms with Crippen molar-refractivity contribution in [2.24, 2.45) is 0 Å². The first-order valence-corrected chi connectivity index (χ1v) is 9.31. The molecule has 0 unspecified atom stereocenters. The number of hydrogen-bond acceptors (Lipinski definition) is 4. The lowest BCUT2D eigenvalue weighted by molar-refractivity contribution is 0.0626. The second-order valence-electron chi connectivity index (χ2n) is 5.10. The van der Waals surface area contributed by atoms with E-state index in [1.54, 1.807) is 12.1 Å². The molecule has 1 fully saturated rings. The molecule has 0 atom stereocenters. The first-order chi connectivity index (χ1) is 10.0. The van der Waals surface area contributed by atoms with Crippen molar-refractivity contribution in [2.45, 2.75) is 43.3 Å². The maximum absolute atomic E-state index is 12.2. The zero-order valence-corrected chi connectivity index (χ0v) is 14.1. The zero-order chi connectivity index (χ0) is 15.3. The van der Waals surface area contributed by atoms with E-state index in [9.17, 15) is 8.42 Å². The van der Waals surface area contributed by atoms with Gasteiger partial charge in [0.25, 0.3) is 0 Å². The Morgan fingerprint density at radius 3 is 2.67 bits per heavy atom. The summed E-state index contributed by atoms with van der Waals surface area (Å²) in [4.78, 5) is 0.167. The fraction of sp³-hybridized carbons (Fsp3) is 0.571. The maximum Gasteiger partial charge on any atom is 0.241 e. The molecule has 0 heterocycles. The van der Waals surface area contributed by atoms with Crippen molar-refractivity contribution in [2.75, 3.05) is 13.2 Å². The topological polar surface area (TPSA) is 75.6 Å². The van der Waals surface area contributed by atoms with Gasteiger partial charge in [-0.05, 0) is 46.5 Å². The minimum Gasteiger partial charge on any atom is -0.392 e. The van der Waals surface area contributed by atoms with E-state index in [4.69, 9.17) is 9.84 Å². The van der Waals surface area contributed by atoms with Crippen LogP contribution in [0.25, 0.3) is 0 Å². The average molecular weight is 378 g/mol. The zero-order valence-electron chi connectivity index (χ0n) is 11.7. The molecule has 7 heteroatoms. The highest BCUT2D eigenvalue weighted by Crippen LogP contribution is 2.23. The van der Waals surface area contributed by atoms with Crippen LogP contribution in [0.15, 0.2) is 27.6 Å². The van der Waals surface area contributed by atoms with Crippen molar-refractivity contribution in [1.29, 1.82) is 0 Å². The molecular weight excluding hydrogens is 358 g/mol. The van der Waals surface area contributed by atoms with Crippen LogP contribution >= 0.6 is 15.9 Å². The van der Waals surface area contributed by atoms with E-state index in [1.807, 2.05) is 0 Å². The fourth-order valence-electron chi connectivity index (χ4n) is 2.40. The van der Waals surface area contributed by atoms with Gasteiger partial charge in [0.1, 0.15) is 0 Å². The van der Waals surface area contributed by atoms with Crippen LogP contribution in [-0.4, -0.2) is 32.8 Å². The molecule has 1 aromatic rings. The molecule has 0 amide bonds. The van der Waals surface area contributed by atoms with Gasteiger partial charge >= 0.3 is 0 Å². The van der Waals surface area contributed by atoms with Gasteiger partial charge in [0.2, 0.25) is 10.0 Å². The Bertz CT molecular complexity index is 570. The Hall–Kier alpha value is -0.470. The van der Waals surface area contributed by atoms with Gasteiger partial charge in [0.15, 0.2) is 0 Å². The molecule has 1 aliphatic carbocycles. The van der Waals surface area contributed by atoms with Gasteiger partial charge in [-0.3, -0.25) is 0 Å². The van der Waals surface area contributed by atoms with Crippen LogP contribution in [0.3, 0.4) is 0 Å².